The van der Waals surface area contributed by atoms with E-state index in [1.54, 1.807) is 0 Å². The van der Waals surface area contributed by atoms with Crippen LogP contribution in [0.15, 0.2) is 0 Å². The molecule has 2 aliphatic rings. The van der Waals surface area contributed by atoms with Gasteiger partial charge in [-0.05, 0) is 20.8 Å². The Balaban J connectivity index is 2.13. The first-order chi connectivity index (χ1) is 6.50. The third-order valence-corrected chi connectivity index (χ3v) is 2.84. The zero-order valence-electron chi connectivity index (χ0n) is 8.92. The second-order valence-corrected chi connectivity index (χ2v) is 4.91. The van der Waals surface area contributed by atoms with Crippen LogP contribution in [0.4, 0.5) is 0 Å². The quantitative estimate of drug-likeness (QED) is 0.468. The Morgan fingerprint density at radius 2 is 2.14 bits per heavy atom. The predicted octanol–water partition coefficient (Wildman–Crippen LogP) is -0.981. The maximum absolute atomic E-state index is 12.0. The number of carbonyl (C=O) groups excluding carboxylic acids is 1. The molecule has 5 heteroatoms. The summed E-state index contributed by atoms with van der Waals surface area (Å²) in [4.78, 5) is 13.9. The molecule has 0 radical (unpaired) electrons. The molecule has 2 atom stereocenters. The summed E-state index contributed by atoms with van der Waals surface area (Å²) in [5, 5.41) is 3.35. The van der Waals surface area contributed by atoms with E-state index in [1.807, 2.05) is 4.90 Å². The maximum atomic E-state index is 12.0. The first-order valence-electron chi connectivity index (χ1n) is 5.03. The number of nitrogens with zero attached hydrogens (tertiary/aromatic N) is 1. The van der Waals surface area contributed by atoms with Crippen molar-refractivity contribution in [1.82, 2.24) is 21.1 Å². The van der Waals surface area contributed by atoms with Gasteiger partial charge in [-0.2, -0.15) is 0 Å². The molecular formula is C9H18N4O. The van der Waals surface area contributed by atoms with E-state index in [9.17, 15) is 4.79 Å². The van der Waals surface area contributed by atoms with Crippen molar-refractivity contribution >= 4 is 5.91 Å². The second-order valence-electron chi connectivity index (χ2n) is 4.91. The first kappa shape index (κ1) is 9.89. The summed E-state index contributed by atoms with van der Waals surface area (Å²) in [7, 11) is 0. The lowest BCUT2D eigenvalue weighted by Gasteiger charge is -2.42. The molecule has 2 heterocycles. The van der Waals surface area contributed by atoms with Crippen molar-refractivity contribution in [2.24, 2.45) is 0 Å². The molecule has 5 nitrogen and oxygen atoms in total. The fourth-order valence-corrected chi connectivity index (χ4v) is 1.94. The van der Waals surface area contributed by atoms with Crippen LogP contribution in [0.5, 0.6) is 0 Å². The van der Waals surface area contributed by atoms with Crippen molar-refractivity contribution in [3.05, 3.63) is 0 Å². The number of amides is 1. The SMILES string of the molecule is CC(C)(C)N1CNC2CNNC2C1=O. The molecule has 2 fully saturated rings. The van der Waals surface area contributed by atoms with Crippen molar-refractivity contribution in [2.75, 3.05) is 13.2 Å². The molecule has 14 heavy (non-hydrogen) atoms. The molecule has 0 aromatic carbocycles. The highest BCUT2D eigenvalue weighted by Crippen LogP contribution is 2.18. The maximum Gasteiger partial charge on any atom is 0.244 e. The van der Waals surface area contributed by atoms with E-state index in [-0.39, 0.29) is 23.5 Å². The summed E-state index contributed by atoms with van der Waals surface area (Å²) in [6.07, 6.45) is 0. The smallest absolute Gasteiger partial charge is 0.244 e. The topological polar surface area (TPSA) is 56.4 Å². The van der Waals surface area contributed by atoms with E-state index in [1.165, 1.54) is 0 Å². The highest BCUT2D eigenvalue weighted by atomic mass is 16.2. The van der Waals surface area contributed by atoms with Crippen LogP contribution in [0.1, 0.15) is 20.8 Å². The molecule has 0 aliphatic carbocycles. The summed E-state index contributed by atoms with van der Waals surface area (Å²) in [6, 6.07) is 0.129. The minimum atomic E-state index is -0.112. The van der Waals surface area contributed by atoms with E-state index < -0.39 is 0 Å². The second kappa shape index (κ2) is 3.18. The average Bonchev–Trinajstić information content (AvgIpc) is 2.50. The first-order valence-corrected chi connectivity index (χ1v) is 5.03. The number of carbonyl (C=O) groups is 1. The van der Waals surface area contributed by atoms with E-state index in [4.69, 9.17) is 0 Å². The Morgan fingerprint density at radius 1 is 1.43 bits per heavy atom. The molecule has 0 aromatic heterocycles. The van der Waals surface area contributed by atoms with Gasteiger partial charge in [0.2, 0.25) is 5.91 Å². The van der Waals surface area contributed by atoms with Crippen LogP contribution in [0, 0.1) is 0 Å². The van der Waals surface area contributed by atoms with E-state index in [0.717, 1.165) is 6.54 Å². The zero-order valence-corrected chi connectivity index (χ0v) is 8.92. The standard InChI is InChI=1S/C9H18N4O/c1-9(2,3)13-5-10-6-4-11-12-7(6)8(13)14/h6-7,10-12H,4-5H2,1-3H3. The molecule has 2 unspecified atom stereocenters. The molecule has 0 aromatic rings. The lowest BCUT2D eigenvalue weighted by molar-refractivity contribution is -0.142. The van der Waals surface area contributed by atoms with Gasteiger partial charge in [-0.1, -0.05) is 0 Å². The van der Waals surface area contributed by atoms with Gasteiger partial charge in [0.05, 0.1) is 6.67 Å². The Labute approximate surface area is 84.2 Å². The van der Waals surface area contributed by atoms with Gasteiger partial charge in [0.25, 0.3) is 0 Å². The van der Waals surface area contributed by atoms with Crippen LogP contribution < -0.4 is 16.2 Å². The third kappa shape index (κ3) is 1.51. The van der Waals surface area contributed by atoms with Crippen LogP contribution >= 0.6 is 0 Å². The number of hydrazine groups is 1. The van der Waals surface area contributed by atoms with Gasteiger partial charge < -0.3 is 4.90 Å². The van der Waals surface area contributed by atoms with Crippen molar-refractivity contribution in [3.8, 4) is 0 Å². The largest absolute Gasteiger partial charge is 0.324 e. The van der Waals surface area contributed by atoms with Gasteiger partial charge in [-0.25, -0.2) is 5.43 Å². The monoisotopic (exact) mass is 198 g/mol. The molecule has 2 aliphatic heterocycles. The van der Waals surface area contributed by atoms with Crippen LogP contribution in [0.25, 0.3) is 0 Å². The minimum absolute atomic E-state index is 0.108. The van der Waals surface area contributed by atoms with Gasteiger partial charge in [-0.15, -0.1) is 0 Å². The van der Waals surface area contributed by atoms with Crippen LogP contribution in [0.3, 0.4) is 0 Å². The van der Waals surface area contributed by atoms with Crippen molar-refractivity contribution in [2.45, 2.75) is 38.4 Å². The number of hydrogen-bond acceptors (Lipinski definition) is 4. The number of fused-ring (bicyclic) bond motifs is 1. The number of rotatable bonds is 0. The zero-order chi connectivity index (χ0) is 10.3. The van der Waals surface area contributed by atoms with Crippen LogP contribution in [-0.2, 0) is 4.79 Å². The van der Waals surface area contributed by atoms with Gasteiger partial charge in [-0.3, -0.25) is 15.5 Å². The van der Waals surface area contributed by atoms with Crippen molar-refractivity contribution < 1.29 is 4.79 Å². The normalized spacial score (nSPS) is 33.4. The lowest BCUT2D eigenvalue weighted by Crippen LogP contribution is -2.65. The van der Waals surface area contributed by atoms with Crippen LogP contribution in [-0.4, -0.2) is 41.6 Å². The Hall–Kier alpha value is -0.650. The molecule has 2 rings (SSSR count). The Bertz CT molecular complexity index is 248. The molecule has 80 valence electrons. The van der Waals surface area contributed by atoms with E-state index >= 15 is 0 Å². The molecule has 0 bridgehead atoms. The fourth-order valence-electron chi connectivity index (χ4n) is 1.94. The van der Waals surface area contributed by atoms with Crippen molar-refractivity contribution in [1.29, 1.82) is 0 Å². The summed E-state index contributed by atoms with van der Waals surface area (Å²) >= 11 is 0. The molecule has 0 spiro atoms. The highest BCUT2D eigenvalue weighted by Gasteiger charge is 2.42. The molecular weight excluding hydrogens is 180 g/mol. The van der Waals surface area contributed by atoms with Gasteiger partial charge in [0.15, 0.2) is 0 Å². The van der Waals surface area contributed by atoms with E-state index in [0.29, 0.717) is 6.67 Å². The molecule has 2 saturated heterocycles. The highest BCUT2D eigenvalue weighted by molar-refractivity contribution is 5.84. The van der Waals surface area contributed by atoms with Crippen molar-refractivity contribution in [3.63, 3.8) is 0 Å². The molecule has 0 saturated carbocycles. The summed E-state index contributed by atoms with van der Waals surface area (Å²) in [5.74, 6) is 0.186. The summed E-state index contributed by atoms with van der Waals surface area (Å²) in [6.45, 7) is 7.61. The number of hydrogen-bond donors (Lipinski definition) is 3. The Morgan fingerprint density at radius 3 is 2.79 bits per heavy atom. The van der Waals surface area contributed by atoms with E-state index in [2.05, 4.69) is 36.9 Å². The number of nitrogens with one attached hydrogen (secondary N) is 3. The average molecular weight is 198 g/mol. The van der Waals surface area contributed by atoms with Gasteiger partial charge in [0.1, 0.15) is 6.04 Å². The lowest BCUT2D eigenvalue weighted by atomic mass is 10.0. The van der Waals surface area contributed by atoms with Gasteiger partial charge >= 0.3 is 0 Å². The predicted molar refractivity (Wildman–Crippen MR) is 53.3 cm³/mol. The molecule has 1 amide bonds. The molecule has 3 N–H and O–H groups in total. The van der Waals surface area contributed by atoms with Gasteiger partial charge in [0, 0.05) is 18.1 Å². The van der Waals surface area contributed by atoms with Crippen LogP contribution in [0.2, 0.25) is 0 Å². The Kier molecular flexibility index (Phi) is 2.25. The fraction of sp³-hybridized carbons (Fsp3) is 0.889. The summed E-state index contributed by atoms with van der Waals surface area (Å²) < 4.78 is 0. The third-order valence-electron chi connectivity index (χ3n) is 2.84. The summed E-state index contributed by atoms with van der Waals surface area (Å²) in [5.41, 5.74) is 5.90. The minimum Gasteiger partial charge on any atom is -0.324 e.